The average molecular weight is 378 g/mol. The smallest absolute Gasteiger partial charge is 0.0848 e. The van der Waals surface area contributed by atoms with Gasteiger partial charge in [0.15, 0.2) is 0 Å². The van der Waals surface area contributed by atoms with Crippen LogP contribution in [0.3, 0.4) is 0 Å². The Kier molecular flexibility index (Phi) is 5.00. The van der Waals surface area contributed by atoms with Gasteiger partial charge in [0.1, 0.15) is 0 Å². The quantitative estimate of drug-likeness (QED) is 0.446. The van der Waals surface area contributed by atoms with E-state index in [1.807, 2.05) is 36.4 Å². The molecule has 0 fully saturated rings. The summed E-state index contributed by atoms with van der Waals surface area (Å²) in [5.74, 6) is 0. The summed E-state index contributed by atoms with van der Waals surface area (Å²) in [6, 6.07) is 15.3. The summed E-state index contributed by atoms with van der Waals surface area (Å²) in [5.41, 5.74) is 4.88. The van der Waals surface area contributed by atoms with Gasteiger partial charge in [-0.25, -0.2) is 0 Å². The first-order chi connectivity index (χ1) is 11.5. The van der Waals surface area contributed by atoms with Gasteiger partial charge < -0.3 is 4.57 Å². The Morgan fingerprint density at radius 3 is 2.46 bits per heavy atom. The summed E-state index contributed by atoms with van der Waals surface area (Å²) >= 11 is 18.3. The minimum absolute atomic E-state index is 0.457. The highest BCUT2D eigenvalue weighted by atomic mass is 35.5. The highest BCUT2D eigenvalue weighted by Crippen LogP contribution is 2.32. The number of hydrogen-bond acceptors (Lipinski definition) is 1. The predicted octanol–water partition coefficient (Wildman–Crippen LogP) is 6.80. The first-order valence-electron chi connectivity index (χ1n) is 7.40. The molecule has 1 aromatic heterocycles. The molecule has 0 saturated heterocycles. The van der Waals surface area contributed by atoms with Gasteiger partial charge in [-0.3, -0.25) is 4.99 Å². The van der Waals surface area contributed by atoms with Gasteiger partial charge in [0.2, 0.25) is 0 Å². The van der Waals surface area contributed by atoms with Crippen molar-refractivity contribution in [1.29, 1.82) is 0 Å². The third kappa shape index (κ3) is 3.36. The number of aromatic nitrogens is 1. The third-order valence-corrected chi connectivity index (χ3v) is 4.85. The van der Waals surface area contributed by atoms with E-state index in [1.54, 1.807) is 12.3 Å². The fourth-order valence-electron chi connectivity index (χ4n) is 2.66. The molecular formula is C19H15Cl3N2. The fraction of sp³-hybridized carbons (Fsp3) is 0.105. The summed E-state index contributed by atoms with van der Waals surface area (Å²) in [6.07, 6.45) is 1.81. The molecule has 0 saturated carbocycles. The zero-order valence-electron chi connectivity index (χ0n) is 13.2. The Hall–Kier alpha value is -1.74. The minimum Gasteiger partial charge on any atom is -0.318 e. The number of hydrogen-bond donors (Lipinski definition) is 0. The van der Waals surface area contributed by atoms with Gasteiger partial charge in [0, 0.05) is 33.9 Å². The number of nitrogens with zero attached hydrogens (tertiary/aromatic N) is 2. The molecule has 0 aliphatic heterocycles. The van der Waals surface area contributed by atoms with Crippen molar-refractivity contribution in [2.24, 2.45) is 4.99 Å². The molecule has 0 bridgehead atoms. The van der Waals surface area contributed by atoms with Gasteiger partial charge >= 0.3 is 0 Å². The van der Waals surface area contributed by atoms with Gasteiger partial charge in [-0.05, 0) is 50.2 Å². The second-order valence-corrected chi connectivity index (χ2v) is 6.69. The lowest BCUT2D eigenvalue weighted by Crippen LogP contribution is -1.99. The molecule has 0 radical (unpaired) electrons. The maximum absolute atomic E-state index is 6.18. The van der Waals surface area contributed by atoms with E-state index in [2.05, 4.69) is 29.5 Å². The molecule has 122 valence electrons. The normalized spacial score (nSPS) is 11.4. The largest absolute Gasteiger partial charge is 0.318 e. The Labute approximate surface area is 156 Å². The van der Waals surface area contributed by atoms with E-state index in [0.29, 0.717) is 20.8 Å². The fourth-order valence-corrected chi connectivity index (χ4v) is 3.19. The van der Waals surface area contributed by atoms with Gasteiger partial charge in [-0.15, -0.1) is 0 Å². The number of benzene rings is 2. The zero-order valence-corrected chi connectivity index (χ0v) is 15.5. The third-order valence-electron chi connectivity index (χ3n) is 3.81. The number of aryl methyl sites for hydroxylation is 1. The van der Waals surface area contributed by atoms with Crippen molar-refractivity contribution in [3.63, 3.8) is 0 Å². The maximum Gasteiger partial charge on any atom is 0.0848 e. The molecule has 0 aliphatic carbocycles. The van der Waals surface area contributed by atoms with Crippen LogP contribution in [0.5, 0.6) is 0 Å². The van der Waals surface area contributed by atoms with Crippen LogP contribution in [0.2, 0.25) is 15.1 Å². The Morgan fingerprint density at radius 1 is 0.958 bits per heavy atom. The lowest BCUT2D eigenvalue weighted by Gasteiger charge is -2.09. The molecule has 3 rings (SSSR count). The molecule has 24 heavy (non-hydrogen) atoms. The second-order valence-electron chi connectivity index (χ2n) is 5.47. The second kappa shape index (κ2) is 7.02. The molecule has 0 N–H and O–H groups in total. The first-order valence-corrected chi connectivity index (χ1v) is 8.53. The van der Waals surface area contributed by atoms with E-state index in [9.17, 15) is 0 Å². The van der Waals surface area contributed by atoms with Crippen molar-refractivity contribution >= 4 is 46.7 Å². The van der Waals surface area contributed by atoms with Crippen LogP contribution in [0.4, 0.5) is 5.69 Å². The van der Waals surface area contributed by atoms with Crippen molar-refractivity contribution in [3.05, 3.63) is 80.6 Å². The van der Waals surface area contributed by atoms with Crippen LogP contribution >= 0.6 is 34.8 Å². The van der Waals surface area contributed by atoms with Crippen molar-refractivity contribution < 1.29 is 0 Å². The van der Waals surface area contributed by atoms with E-state index in [-0.39, 0.29) is 0 Å². The van der Waals surface area contributed by atoms with Gasteiger partial charge in [0.25, 0.3) is 0 Å². The van der Waals surface area contributed by atoms with Crippen LogP contribution in [-0.4, -0.2) is 10.8 Å². The standard InChI is InChI=1S/C19H15Cl3N2/c1-12-9-14(11-23-18-8-4-7-17(21)19(18)22)13(2)24(12)16-6-3-5-15(20)10-16/h3-11H,1-2H3. The average Bonchev–Trinajstić information content (AvgIpc) is 2.83. The van der Waals surface area contributed by atoms with Crippen LogP contribution in [0, 0.1) is 13.8 Å². The van der Waals surface area contributed by atoms with Crippen molar-refractivity contribution in [3.8, 4) is 5.69 Å². The molecule has 0 spiro atoms. The number of rotatable bonds is 3. The minimum atomic E-state index is 0.457. The van der Waals surface area contributed by atoms with Gasteiger partial charge in [-0.1, -0.05) is 46.9 Å². The molecule has 0 unspecified atom stereocenters. The summed E-state index contributed by atoms with van der Waals surface area (Å²) in [7, 11) is 0. The Balaban J connectivity index is 2.00. The molecule has 2 aromatic carbocycles. The molecule has 0 atom stereocenters. The molecule has 5 heteroatoms. The van der Waals surface area contributed by atoms with Crippen molar-refractivity contribution in [1.82, 2.24) is 4.57 Å². The highest BCUT2D eigenvalue weighted by Gasteiger charge is 2.10. The van der Waals surface area contributed by atoms with E-state index >= 15 is 0 Å². The van der Waals surface area contributed by atoms with Crippen molar-refractivity contribution in [2.75, 3.05) is 0 Å². The van der Waals surface area contributed by atoms with Crippen LogP contribution in [0.15, 0.2) is 53.5 Å². The monoisotopic (exact) mass is 376 g/mol. The van der Waals surface area contributed by atoms with Crippen LogP contribution in [0.1, 0.15) is 17.0 Å². The van der Waals surface area contributed by atoms with Crippen LogP contribution < -0.4 is 0 Å². The summed E-state index contributed by atoms with van der Waals surface area (Å²) in [4.78, 5) is 4.48. The maximum atomic E-state index is 6.18. The molecule has 0 aliphatic rings. The highest BCUT2D eigenvalue weighted by molar-refractivity contribution is 6.43. The van der Waals surface area contributed by atoms with E-state index in [0.717, 1.165) is 22.6 Å². The lowest BCUT2D eigenvalue weighted by molar-refractivity contribution is 0.965. The molecule has 3 aromatic rings. The van der Waals surface area contributed by atoms with Crippen molar-refractivity contribution in [2.45, 2.75) is 13.8 Å². The Morgan fingerprint density at radius 2 is 1.71 bits per heavy atom. The first kappa shape index (κ1) is 17.1. The van der Waals surface area contributed by atoms with E-state index in [1.165, 1.54) is 0 Å². The topological polar surface area (TPSA) is 17.3 Å². The van der Waals surface area contributed by atoms with E-state index in [4.69, 9.17) is 34.8 Å². The molecule has 1 heterocycles. The van der Waals surface area contributed by atoms with Crippen LogP contribution in [0.25, 0.3) is 5.69 Å². The Bertz CT molecular complexity index is 926. The predicted molar refractivity (Wildman–Crippen MR) is 104 cm³/mol. The SMILES string of the molecule is Cc1cc(C=Nc2cccc(Cl)c2Cl)c(C)n1-c1cccc(Cl)c1. The summed E-state index contributed by atoms with van der Waals surface area (Å²) in [6.45, 7) is 4.10. The van der Waals surface area contributed by atoms with Gasteiger partial charge in [-0.2, -0.15) is 0 Å². The van der Waals surface area contributed by atoms with Crippen LogP contribution in [-0.2, 0) is 0 Å². The molecular weight excluding hydrogens is 363 g/mol. The number of halogens is 3. The summed E-state index contributed by atoms with van der Waals surface area (Å²) in [5, 5.41) is 1.66. The lowest BCUT2D eigenvalue weighted by atomic mass is 10.2. The molecule has 2 nitrogen and oxygen atoms in total. The molecule has 0 amide bonds. The zero-order chi connectivity index (χ0) is 17.3. The van der Waals surface area contributed by atoms with E-state index < -0.39 is 0 Å². The summed E-state index contributed by atoms with van der Waals surface area (Å²) < 4.78 is 2.15. The van der Waals surface area contributed by atoms with Gasteiger partial charge in [0.05, 0.1) is 15.7 Å². The number of aliphatic imine (C=N–C) groups is 1.